The van der Waals surface area contributed by atoms with Crippen LogP contribution in [0.4, 0.5) is 0 Å². The molecule has 7 heteroatoms. The van der Waals surface area contributed by atoms with Crippen molar-refractivity contribution >= 4 is 40.8 Å². The Morgan fingerprint density at radius 1 is 1.32 bits per heavy atom. The van der Waals surface area contributed by atoms with Crippen LogP contribution < -0.4 is 10.6 Å². The number of halogens is 1. The van der Waals surface area contributed by atoms with Gasteiger partial charge in [0.05, 0.1) is 13.2 Å². The van der Waals surface area contributed by atoms with Crippen molar-refractivity contribution in [2.24, 2.45) is 10.9 Å². The molecule has 0 spiro atoms. The second-order valence-electron chi connectivity index (χ2n) is 7.15. The molecule has 0 bridgehead atoms. The molecule has 6 nitrogen and oxygen atoms in total. The maximum absolute atomic E-state index is 5.73. The summed E-state index contributed by atoms with van der Waals surface area (Å²) in [6.45, 7) is 7.19. The molecule has 0 amide bonds. The lowest BCUT2D eigenvalue weighted by Crippen LogP contribution is -2.39. The molecule has 1 unspecified atom stereocenters. The van der Waals surface area contributed by atoms with Gasteiger partial charge in [-0.15, -0.1) is 24.0 Å². The van der Waals surface area contributed by atoms with Gasteiger partial charge in [0.15, 0.2) is 5.96 Å². The monoisotopic (exact) mass is 500 g/mol. The number of aliphatic imine (C=N–C) groups is 1. The van der Waals surface area contributed by atoms with Gasteiger partial charge in [-0.3, -0.25) is 4.99 Å². The van der Waals surface area contributed by atoms with Gasteiger partial charge in [0.2, 0.25) is 0 Å². The maximum Gasteiger partial charge on any atom is 0.190 e. The van der Waals surface area contributed by atoms with Crippen LogP contribution in [0.1, 0.15) is 24.0 Å². The Balaban J connectivity index is 0.00000280. The van der Waals surface area contributed by atoms with Crippen LogP contribution in [0.3, 0.4) is 0 Å². The summed E-state index contributed by atoms with van der Waals surface area (Å²) in [5, 5.41) is 8.09. The summed E-state index contributed by atoms with van der Waals surface area (Å²) < 4.78 is 11.1. The number of aromatic amines is 1. The molecule has 1 atom stereocenters. The highest BCUT2D eigenvalue weighted by molar-refractivity contribution is 14.0. The first-order valence-electron chi connectivity index (χ1n) is 9.93. The first kappa shape index (κ1) is 23.0. The molecule has 28 heavy (non-hydrogen) atoms. The van der Waals surface area contributed by atoms with Crippen LogP contribution in [0, 0.1) is 12.8 Å². The molecule has 3 N–H and O–H groups in total. The Kier molecular flexibility index (Phi) is 10.1. The number of H-pyrrole nitrogens is 1. The van der Waals surface area contributed by atoms with Crippen LogP contribution >= 0.6 is 24.0 Å². The topological polar surface area (TPSA) is 70.7 Å². The Hall–Kier alpha value is -1.32. The van der Waals surface area contributed by atoms with Crippen molar-refractivity contribution in [2.75, 3.05) is 46.6 Å². The molecule has 2 heterocycles. The van der Waals surface area contributed by atoms with Crippen LogP contribution in [0.25, 0.3) is 10.9 Å². The number of nitrogens with one attached hydrogen (secondary N) is 3. The molecule has 0 saturated carbocycles. The van der Waals surface area contributed by atoms with Crippen molar-refractivity contribution in [1.82, 2.24) is 15.6 Å². The van der Waals surface area contributed by atoms with E-state index in [-0.39, 0.29) is 24.0 Å². The van der Waals surface area contributed by atoms with Gasteiger partial charge in [0, 0.05) is 56.4 Å². The van der Waals surface area contributed by atoms with Crippen molar-refractivity contribution in [1.29, 1.82) is 0 Å². The van der Waals surface area contributed by atoms with Crippen LogP contribution in [-0.2, 0) is 15.9 Å². The zero-order valence-corrected chi connectivity index (χ0v) is 19.3. The minimum Gasteiger partial charge on any atom is -0.381 e. The average Bonchev–Trinajstić information content (AvgIpc) is 3.33. The molecule has 1 aliphatic heterocycles. The highest BCUT2D eigenvalue weighted by Crippen LogP contribution is 2.22. The van der Waals surface area contributed by atoms with Crippen LogP contribution in [0.5, 0.6) is 0 Å². The van der Waals surface area contributed by atoms with E-state index < -0.39 is 0 Å². The fraction of sp³-hybridized carbons (Fsp3) is 0.571. The smallest absolute Gasteiger partial charge is 0.190 e. The number of hydrogen-bond donors (Lipinski definition) is 3. The summed E-state index contributed by atoms with van der Waals surface area (Å²) in [6, 6.07) is 6.38. The van der Waals surface area contributed by atoms with E-state index in [2.05, 4.69) is 51.9 Å². The van der Waals surface area contributed by atoms with Gasteiger partial charge in [-0.1, -0.05) is 12.1 Å². The zero-order chi connectivity index (χ0) is 18.9. The van der Waals surface area contributed by atoms with Gasteiger partial charge in [-0.05, 0) is 43.4 Å². The van der Waals surface area contributed by atoms with Crippen LogP contribution in [0.15, 0.2) is 29.4 Å². The normalized spacial score (nSPS) is 16.9. The summed E-state index contributed by atoms with van der Waals surface area (Å²) in [5.74, 6) is 1.43. The Bertz CT molecular complexity index is 741. The molecule has 2 aromatic rings. The number of rotatable bonds is 9. The fourth-order valence-corrected chi connectivity index (χ4v) is 3.53. The third-order valence-corrected chi connectivity index (χ3v) is 5.04. The average molecular weight is 500 g/mol. The van der Waals surface area contributed by atoms with E-state index in [0.717, 1.165) is 64.7 Å². The SMILES string of the molecule is CN=C(NCCCOCC1CCOC1)NCCc1c[nH]c2cccc(C)c12.I. The zero-order valence-electron chi connectivity index (χ0n) is 16.9. The van der Waals surface area contributed by atoms with Gasteiger partial charge in [-0.2, -0.15) is 0 Å². The molecule has 1 fully saturated rings. The standard InChI is InChI=1S/C21H32N4O2.HI/c1-16-5-3-6-19-20(16)18(13-25-19)7-10-24-21(22-2)23-9-4-11-26-14-17-8-12-27-15-17;/h3,5-6,13,17,25H,4,7-12,14-15H2,1-2H3,(H2,22,23,24);1H. The van der Waals surface area contributed by atoms with Crippen molar-refractivity contribution in [3.8, 4) is 0 Å². The number of nitrogens with zero attached hydrogens (tertiary/aromatic N) is 1. The summed E-state index contributed by atoms with van der Waals surface area (Å²) >= 11 is 0. The molecule has 1 aromatic carbocycles. The van der Waals surface area contributed by atoms with E-state index in [1.165, 1.54) is 22.0 Å². The Labute approximate surface area is 184 Å². The number of hydrogen-bond acceptors (Lipinski definition) is 3. The third-order valence-electron chi connectivity index (χ3n) is 5.04. The minimum atomic E-state index is 0. The second-order valence-corrected chi connectivity index (χ2v) is 7.15. The van der Waals surface area contributed by atoms with Gasteiger partial charge >= 0.3 is 0 Å². The fourth-order valence-electron chi connectivity index (χ4n) is 3.53. The molecule has 1 aromatic heterocycles. The number of aryl methyl sites for hydroxylation is 1. The van der Waals surface area contributed by atoms with E-state index in [1.54, 1.807) is 0 Å². The number of guanidine groups is 1. The molecule has 0 radical (unpaired) electrons. The van der Waals surface area contributed by atoms with Crippen molar-refractivity contribution in [2.45, 2.75) is 26.2 Å². The first-order valence-corrected chi connectivity index (χ1v) is 9.93. The third kappa shape index (κ3) is 6.63. The quantitative estimate of drug-likeness (QED) is 0.214. The van der Waals surface area contributed by atoms with Gasteiger partial charge in [0.1, 0.15) is 0 Å². The first-order chi connectivity index (χ1) is 13.3. The van der Waals surface area contributed by atoms with Crippen LogP contribution in [-0.4, -0.2) is 57.5 Å². The second kappa shape index (κ2) is 12.3. The van der Waals surface area contributed by atoms with E-state index in [1.807, 2.05) is 7.05 Å². The molecule has 3 rings (SSSR count). The molecule has 156 valence electrons. The summed E-state index contributed by atoms with van der Waals surface area (Å²) in [5.41, 5.74) is 3.86. The lowest BCUT2D eigenvalue weighted by atomic mass is 10.1. The molecular formula is C21H33IN4O2. The van der Waals surface area contributed by atoms with Crippen molar-refractivity contribution < 1.29 is 9.47 Å². The molecule has 1 aliphatic rings. The molecule has 1 saturated heterocycles. The Morgan fingerprint density at radius 3 is 2.96 bits per heavy atom. The lowest BCUT2D eigenvalue weighted by Gasteiger charge is -2.12. The summed E-state index contributed by atoms with van der Waals surface area (Å²) in [7, 11) is 1.81. The lowest BCUT2D eigenvalue weighted by molar-refractivity contribution is 0.0888. The van der Waals surface area contributed by atoms with Gasteiger partial charge in [-0.25, -0.2) is 0 Å². The van der Waals surface area contributed by atoms with Crippen LogP contribution in [0.2, 0.25) is 0 Å². The number of ether oxygens (including phenoxy) is 2. The summed E-state index contributed by atoms with van der Waals surface area (Å²) in [6.07, 6.45) is 5.17. The van der Waals surface area contributed by atoms with E-state index in [9.17, 15) is 0 Å². The minimum absolute atomic E-state index is 0. The van der Waals surface area contributed by atoms with Crippen molar-refractivity contribution in [3.63, 3.8) is 0 Å². The largest absolute Gasteiger partial charge is 0.381 e. The Morgan fingerprint density at radius 2 is 2.18 bits per heavy atom. The maximum atomic E-state index is 5.73. The number of benzene rings is 1. The predicted octanol–water partition coefficient (Wildman–Crippen LogP) is 3.25. The number of fused-ring (bicyclic) bond motifs is 1. The van der Waals surface area contributed by atoms with Crippen molar-refractivity contribution in [3.05, 3.63) is 35.5 Å². The molecular weight excluding hydrogens is 467 g/mol. The summed E-state index contributed by atoms with van der Waals surface area (Å²) in [4.78, 5) is 7.66. The van der Waals surface area contributed by atoms with Gasteiger partial charge in [0.25, 0.3) is 0 Å². The van der Waals surface area contributed by atoms with E-state index >= 15 is 0 Å². The highest BCUT2D eigenvalue weighted by atomic mass is 127. The molecule has 0 aliphatic carbocycles. The predicted molar refractivity (Wildman–Crippen MR) is 126 cm³/mol. The van der Waals surface area contributed by atoms with E-state index in [0.29, 0.717) is 5.92 Å². The van der Waals surface area contributed by atoms with Gasteiger partial charge < -0.3 is 25.1 Å². The number of aromatic nitrogens is 1. The highest BCUT2D eigenvalue weighted by Gasteiger charge is 2.15. The van der Waals surface area contributed by atoms with E-state index in [4.69, 9.17) is 9.47 Å².